The largest absolute Gasteiger partial charge is 0.350 e. The Morgan fingerprint density at radius 2 is 2.62 bits per heavy atom. The Morgan fingerprint density at radius 1 is 1.85 bits per heavy atom. The molecule has 0 aliphatic carbocycles. The molecule has 1 aromatic rings. The number of hydrogen-bond donors (Lipinski definition) is 1. The lowest BCUT2D eigenvalue weighted by atomic mass is 10.3. The van der Waals surface area contributed by atoms with Crippen molar-refractivity contribution in [2.75, 3.05) is 6.54 Å². The highest BCUT2D eigenvalue weighted by atomic mass is 79.9. The molecule has 1 heterocycles. The number of carbonyl (C=O) groups is 1. The molecule has 0 bridgehead atoms. The Balaban J connectivity index is 2.35. The Kier molecular flexibility index (Phi) is 4.38. The van der Waals surface area contributed by atoms with Crippen molar-refractivity contribution in [1.82, 2.24) is 10.3 Å². The number of nitrogens with one attached hydrogen (secondary N) is 1. The molecule has 1 N–H and O–H groups in total. The SMILES string of the molecule is CCC(Br)CNC(=O)c1cncs1. The second kappa shape index (κ2) is 5.34. The van der Waals surface area contributed by atoms with E-state index in [1.807, 2.05) is 0 Å². The molecule has 3 nitrogen and oxygen atoms in total. The van der Waals surface area contributed by atoms with Gasteiger partial charge in [0.05, 0.1) is 11.7 Å². The van der Waals surface area contributed by atoms with Crippen LogP contribution in [0.5, 0.6) is 0 Å². The second-order valence-corrected chi connectivity index (χ2v) is 4.76. The van der Waals surface area contributed by atoms with E-state index >= 15 is 0 Å². The summed E-state index contributed by atoms with van der Waals surface area (Å²) >= 11 is 4.79. The zero-order valence-corrected chi connectivity index (χ0v) is 9.69. The van der Waals surface area contributed by atoms with Gasteiger partial charge in [0.1, 0.15) is 4.88 Å². The van der Waals surface area contributed by atoms with E-state index in [0.717, 1.165) is 6.42 Å². The number of aromatic nitrogens is 1. The van der Waals surface area contributed by atoms with Gasteiger partial charge in [-0.2, -0.15) is 0 Å². The minimum atomic E-state index is -0.0413. The van der Waals surface area contributed by atoms with Crippen LogP contribution in [-0.2, 0) is 0 Å². The summed E-state index contributed by atoms with van der Waals surface area (Å²) < 4.78 is 0. The standard InChI is InChI=1S/C8H11BrN2OS/c1-2-6(9)3-11-8(12)7-4-10-5-13-7/h4-6H,2-3H2,1H3,(H,11,12). The average Bonchev–Trinajstić information content (AvgIpc) is 2.66. The van der Waals surface area contributed by atoms with Crippen LogP contribution in [0.4, 0.5) is 0 Å². The van der Waals surface area contributed by atoms with Crippen LogP contribution in [0.2, 0.25) is 0 Å². The molecule has 72 valence electrons. The van der Waals surface area contributed by atoms with Crippen molar-refractivity contribution in [3.05, 3.63) is 16.6 Å². The highest BCUT2D eigenvalue weighted by Gasteiger charge is 2.08. The van der Waals surface area contributed by atoms with Gasteiger partial charge in [-0.1, -0.05) is 22.9 Å². The van der Waals surface area contributed by atoms with Crippen molar-refractivity contribution in [3.8, 4) is 0 Å². The van der Waals surface area contributed by atoms with Crippen LogP contribution in [-0.4, -0.2) is 22.3 Å². The minimum Gasteiger partial charge on any atom is -0.350 e. The summed E-state index contributed by atoms with van der Waals surface area (Å²) in [4.78, 5) is 16.2. The molecule has 0 saturated carbocycles. The zero-order valence-electron chi connectivity index (χ0n) is 7.29. The predicted octanol–water partition coefficient (Wildman–Crippen LogP) is 2.05. The number of carbonyl (C=O) groups excluding carboxylic acids is 1. The van der Waals surface area contributed by atoms with E-state index in [2.05, 4.69) is 33.2 Å². The first-order chi connectivity index (χ1) is 6.24. The van der Waals surface area contributed by atoms with Gasteiger partial charge in [0.15, 0.2) is 0 Å². The first-order valence-electron chi connectivity index (χ1n) is 4.04. The summed E-state index contributed by atoms with van der Waals surface area (Å²) in [5.74, 6) is -0.0413. The number of halogens is 1. The molecule has 0 aliphatic rings. The molecular formula is C8H11BrN2OS. The highest BCUT2D eigenvalue weighted by molar-refractivity contribution is 9.09. The smallest absolute Gasteiger partial charge is 0.263 e. The molecule has 13 heavy (non-hydrogen) atoms. The first kappa shape index (κ1) is 10.7. The third kappa shape index (κ3) is 3.44. The van der Waals surface area contributed by atoms with E-state index < -0.39 is 0 Å². The number of amides is 1. The molecule has 0 radical (unpaired) electrons. The molecule has 0 saturated heterocycles. The van der Waals surface area contributed by atoms with Gasteiger partial charge in [-0.05, 0) is 6.42 Å². The molecule has 0 aromatic carbocycles. The first-order valence-corrected chi connectivity index (χ1v) is 5.84. The highest BCUT2D eigenvalue weighted by Crippen LogP contribution is 2.06. The number of hydrogen-bond acceptors (Lipinski definition) is 3. The maximum atomic E-state index is 11.4. The molecule has 1 aromatic heterocycles. The lowest BCUT2D eigenvalue weighted by Gasteiger charge is -2.06. The van der Waals surface area contributed by atoms with Gasteiger partial charge in [-0.3, -0.25) is 9.78 Å². The van der Waals surface area contributed by atoms with E-state index in [1.165, 1.54) is 11.3 Å². The van der Waals surface area contributed by atoms with Crippen molar-refractivity contribution in [1.29, 1.82) is 0 Å². The molecule has 1 unspecified atom stereocenters. The fourth-order valence-electron chi connectivity index (χ4n) is 0.763. The Bertz CT molecular complexity index is 263. The predicted molar refractivity (Wildman–Crippen MR) is 57.5 cm³/mol. The Labute approximate surface area is 89.7 Å². The lowest BCUT2D eigenvalue weighted by Crippen LogP contribution is -2.28. The average molecular weight is 263 g/mol. The van der Waals surface area contributed by atoms with Crippen molar-refractivity contribution >= 4 is 33.2 Å². The van der Waals surface area contributed by atoms with Gasteiger partial charge >= 0.3 is 0 Å². The van der Waals surface area contributed by atoms with E-state index in [-0.39, 0.29) is 5.91 Å². The molecule has 1 rings (SSSR count). The zero-order chi connectivity index (χ0) is 9.68. The third-order valence-corrected chi connectivity index (χ3v) is 3.33. The summed E-state index contributed by atoms with van der Waals surface area (Å²) in [6, 6.07) is 0. The van der Waals surface area contributed by atoms with Crippen LogP contribution < -0.4 is 5.32 Å². The number of nitrogens with zero attached hydrogens (tertiary/aromatic N) is 1. The van der Waals surface area contributed by atoms with Gasteiger partial charge in [0.2, 0.25) is 0 Å². The lowest BCUT2D eigenvalue weighted by molar-refractivity contribution is 0.0957. The third-order valence-electron chi connectivity index (χ3n) is 1.58. The van der Waals surface area contributed by atoms with Gasteiger partial charge in [-0.25, -0.2) is 0 Å². The Morgan fingerprint density at radius 3 is 3.15 bits per heavy atom. The van der Waals surface area contributed by atoms with Crippen molar-refractivity contribution in [3.63, 3.8) is 0 Å². The summed E-state index contributed by atoms with van der Waals surface area (Å²) in [5.41, 5.74) is 1.65. The molecule has 0 fully saturated rings. The summed E-state index contributed by atoms with van der Waals surface area (Å²) in [6.45, 7) is 2.73. The van der Waals surface area contributed by atoms with Gasteiger partial charge in [0, 0.05) is 11.4 Å². The number of thiazole rings is 1. The van der Waals surface area contributed by atoms with Gasteiger partial charge in [0.25, 0.3) is 5.91 Å². The molecule has 0 aliphatic heterocycles. The van der Waals surface area contributed by atoms with Crippen molar-refractivity contribution in [2.24, 2.45) is 0 Å². The van der Waals surface area contributed by atoms with Crippen molar-refractivity contribution < 1.29 is 4.79 Å². The number of rotatable bonds is 4. The van der Waals surface area contributed by atoms with E-state index in [9.17, 15) is 4.79 Å². The molecular weight excluding hydrogens is 252 g/mol. The van der Waals surface area contributed by atoms with Crippen LogP contribution in [0.15, 0.2) is 11.7 Å². The van der Waals surface area contributed by atoms with Gasteiger partial charge < -0.3 is 5.32 Å². The summed E-state index contributed by atoms with van der Waals surface area (Å²) in [7, 11) is 0. The molecule has 5 heteroatoms. The summed E-state index contributed by atoms with van der Waals surface area (Å²) in [6.07, 6.45) is 2.58. The Hall–Kier alpha value is -0.420. The maximum Gasteiger partial charge on any atom is 0.263 e. The quantitative estimate of drug-likeness (QED) is 0.845. The van der Waals surface area contributed by atoms with Crippen LogP contribution in [0, 0.1) is 0 Å². The van der Waals surface area contributed by atoms with E-state index in [4.69, 9.17) is 0 Å². The van der Waals surface area contributed by atoms with E-state index in [1.54, 1.807) is 11.7 Å². The topological polar surface area (TPSA) is 42.0 Å². The molecule has 0 spiro atoms. The van der Waals surface area contributed by atoms with Gasteiger partial charge in [-0.15, -0.1) is 11.3 Å². The number of alkyl halides is 1. The fourth-order valence-corrected chi connectivity index (χ4v) is 1.46. The maximum absolute atomic E-state index is 11.4. The normalized spacial score (nSPS) is 12.5. The van der Waals surface area contributed by atoms with Crippen LogP contribution >= 0.6 is 27.3 Å². The van der Waals surface area contributed by atoms with Crippen LogP contribution in [0.3, 0.4) is 0 Å². The monoisotopic (exact) mass is 262 g/mol. The van der Waals surface area contributed by atoms with Crippen LogP contribution in [0.1, 0.15) is 23.0 Å². The van der Waals surface area contributed by atoms with Crippen LogP contribution in [0.25, 0.3) is 0 Å². The fraction of sp³-hybridized carbons (Fsp3) is 0.500. The minimum absolute atomic E-state index is 0.0413. The van der Waals surface area contributed by atoms with E-state index in [0.29, 0.717) is 16.2 Å². The molecule has 1 amide bonds. The molecule has 1 atom stereocenters. The van der Waals surface area contributed by atoms with Crippen molar-refractivity contribution in [2.45, 2.75) is 18.2 Å². The second-order valence-electron chi connectivity index (χ2n) is 2.58. The summed E-state index contributed by atoms with van der Waals surface area (Å²) in [5, 5.41) is 2.82.